The molecule has 0 aliphatic heterocycles. The molecule has 0 bridgehead atoms. The lowest BCUT2D eigenvalue weighted by molar-refractivity contribution is -0.175. The van der Waals surface area contributed by atoms with Gasteiger partial charge in [-0.15, -0.1) is 0 Å². The van der Waals surface area contributed by atoms with Gasteiger partial charge in [-0.1, -0.05) is 27.2 Å². The predicted octanol–water partition coefficient (Wildman–Crippen LogP) is 4.71. The highest BCUT2D eigenvalue weighted by atomic mass is 16.6. The van der Waals surface area contributed by atoms with E-state index in [-0.39, 0.29) is 17.0 Å². The van der Waals surface area contributed by atoms with Crippen molar-refractivity contribution in [3.05, 3.63) is 0 Å². The van der Waals surface area contributed by atoms with Crippen molar-refractivity contribution in [3.8, 4) is 0 Å². The summed E-state index contributed by atoms with van der Waals surface area (Å²) in [6.45, 7) is 10.5. The topological polar surface area (TPSA) is 26.3 Å². The summed E-state index contributed by atoms with van der Waals surface area (Å²) in [4.78, 5) is 12.4. The van der Waals surface area contributed by atoms with Gasteiger partial charge in [0.1, 0.15) is 5.60 Å². The third kappa shape index (κ3) is 4.00. The van der Waals surface area contributed by atoms with Gasteiger partial charge in [0.05, 0.1) is 5.41 Å². The minimum absolute atomic E-state index is 0.0000463. The zero-order valence-corrected chi connectivity index (χ0v) is 12.8. The SMILES string of the molecule is CCC1(OC(=O)C(C)(C)CC(C)C)CCCCC1. The first-order valence-electron chi connectivity index (χ1n) is 7.55. The van der Waals surface area contributed by atoms with E-state index in [1.165, 1.54) is 19.3 Å². The summed E-state index contributed by atoms with van der Waals surface area (Å²) in [5, 5.41) is 0. The number of esters is 1. The molecule has 18 heavy (non-hydrogen) atoms. The third-order valence-corrected chi connectivity index (χ3v) is 4.19. The van der Waals surface area contributed by atoms with Crippen LogP contribution < -0.4 is 0 Å². The highest BCUT2D eigenvalue weighted by Gasteiger charge is 2.39. The number of ether oxygens (including phenoxy) is 1. The van der Waals surface area contributed by atoms with Gasteiger partial charge in [0, 0.05) is 0 Å². The molecule has 0 radical (unpaired) electrons. The maximum absolute atomic E-state index is 12.4. The van der Waals surface area contributed by atoms with Gasteiger partial charge in [-0.05, 0) is 58.3 Å². The van der Waals surface area contributed by atoms with E-state index in [4.69, 9.17) is 4.74 Å². The van der Waals surface area contributed by atoms with Gasteiger partial charge in [0.2, 0.25) is 0 Å². The summed E-state index contributed by atoms with van der Waals surface area (Å²) in [7, 11) is 0. The van der Waals surface area contributed by atoms with Crippen LogP contribution in [0.25, 0.3) is 0 Å². The summed E-state index contributed by atoms with van der Waals surface area (Å²) in [6, 6.07) is 0. The molecule has 0 unspecified atom stereocenters. The first-order valence-corrected chi connectivity index (χ1v) is 7.55. The van der Waals surface area contributed by atoms with Crippen molar-refractivity contribution in [2.75, 3.05) is 0 Å². The molecule has 0 amide bonds. The minimum atomic E-state index is -0.353. The van der Waals surface area contributed by atoms with Crippen LogP contribution in [-0.4, -0.2) is 11.6 Å². The molecule has 106 valence electrons. The number of hydrogen-bond donors (Lipinski definition) is 0. The third-order valence-electron chi connectivity index (χ3n) is 4.19. The summed E-state index contributed by atoms with van der Waals surface area (Å²) in [5.41, 5.74) is -0.517. The van der Waals surface area contributed by atoms with E-state index in [1.54, 1.807) is 0 Å². The fraction of sp³-hybridized carbons (Fsp3) is 0.938. The summed E-state index contributed by atoms with van der Waals surface area (Å²) in [5.74, 6) is 0.524. The normalized spacial score (nSPS) is 19.9. The van der Waals surface area contributed by atoms with Crippen molar-refractivity contribution in [2.24, 2.45) is 11.3 Å². The van der Waals surface area contributed by atoms with Crippen LogP contribution in [0.5, 0.6) is 0 Å². The van der Waals surface area contributed by atoms with Crippen LogP contribution in [0.15, 0.2) is 0 Å². The maximum atomic E-state index is 12.4. The zero-order chi connectivity index (χ0) is 13.8. The number of carbonyl (C=O) groups excluding carboxylic acids is 1. The Morgan fingerprint density at radius 1 is 1.22 bits per heavy atom. The molecule has 1 saturated carbocycles. The van der Waals surface area contributed by atoms with Crippen LogP contribution in [0.1, 0.15) is 79.6 Å². The lowest BCUT2D eigenvalue weighted by Gasteiger charge is -2.38. The second kappa shape index (κ2) is 6.08. The van der Waals surface area contributed by atoms with Crippen molar-refractivity contribution < 1.29 is 9.53 Å². The largest absolute Gasteiger partial charge is 0.459 e. The predicted molar refractivity (Wildman–Crippen MR) is 75.4 cm³/mol. The molecule has 2 nitrogen and oxygen atoms in total. The summed E-state index contributed by atoms with van der Waals surface area (Å²) < 4.78 is 5.95. The molecule has 0 aromatic carbocycles. The quantitative estimate of drug-likeness (QED) is 0.664. The van der Waals surface area contributed by atoms with Gasteiger partial charge in [-0.3, -0.25) is 4.79 Å². The minimum Gasteiger partial charge on any atom is -0.459 e. The van der Waals surface area contributed by atoms with Gasteiger partial charge in [0.15, 0.2) is 0 Å². The highest BCUT2D eigenvalue weighted by Crippen LogP contribution is 2.37. The molecule has 0 saturated heterocycles. The molecular weight excluding hydrogens is 224 g/mol. The van der Waals surface area contributed by atoms with E-state index >= 15 is 0 Å². The molecule has 1 aliphatic rings. The standard InChI is InChI=1S/C16H30O2/c1-6-16(10-8-7-9-11-16)18-14(17)15(4,5)12-13(2)3/h13H,6-12H2,1-5H3. The van der Waals surface area contributed by atoms with Gasteiger partial charge >= 0.3 is 5.97 Å². The second-order valence-electron chi connectivity index (χ2n) is 6.97. The van der Waals surface area contributed by atoms with E-state index in [2.05, 4.69) is 20.8 Å². The second-order valence-corrected chi connectivity index (χ2v) is 6.97. The number of hydrogen-bond acceptors (Lipinski definition) is 2. The van der Waals surface area contributed by atoms with E-state index in [0.717, 1.165) is 25.7 Å². The van der Waals surface area contributed by atoms with Crippen molar-refractivity contribution in [1.82, 2.24) is 0 Å². The number of rotatable bonds is 5. The van der Waals surface area contributed by atoms with E-state index < -0.39 is 0 Å². The Balaban J connectivity index is 2.66. The Kier molecular flexibility index (Phi) is 5.24. The average Bonchev–Trinajstić information content (AvgIpc) is 2.28. The van der Waals surface area contributed by atoms with Gasteiger partial charge in [0.25, 0.3) is 0 Å². The van der Waals surface area contributed by atoms with Crippen LogP contribution in [0, 0.1) is 11.3 Å². The first kappa shape index (κ1) is 15.5. The highest BCUT2D eigenvalue weighted by molar-refractivity contribution is 5.76. The molecule has 1 aliphatic carbocycles. The smallest absolute Gasteiger partial charge is 0.312 e. The Morgan fingerprint density at radius 2 is 1.78 bits per heavy atom. The molecule has 1 fully saturated rings. The Morgan fingerprint density at radius 3 is 2.22 bits per heavy atom. The van der Waals surface area contributed by atoms with Crippen LogP contribution >= 0.6 is 0 Å². The fourth-order valence-corrected chi connectivity index (χ4v) is 3.16. The lowest BCUT2D eigenvalue weighted by atomic mass is 9.81. The summed E-state index contributed by atoms with van der Waals surface area (Å²) >= 11 is 0. The maximum Gasteiger partial charge on any atom is 0.312 e. The van der Waals surface area contributed by atoms with Crippen LogP contribution in [0.2, 0.25) is 0 Å². The van der Waals surface area contributed by atoms with Gasteiger partial charge < -0.3 is 4.74 Å². The Bertz CT molecular complexity index is 273. The van der Waals surface area contributed by atoms with Crippen molar-refractivity contribution in [3.63, 3.8) is 0 Å². The van der Waals surface area contributed by atoms with E-state index in [1.807, 2.05) is 13.8 Å². The fourth-order valence-electron chi connectivity index (χ4n) is 3.16. The van der Waals surface area contributed by atoms with Crippen LogP contribution in [0.4, 0.5) is 0 Å². The summed E-state index contributed by atoms with van der Waals surface area (Å²) in [6.07, 6.45) is 7.63. The van der Waals surface area contributed by atoms with Crippen molar-refractivity contribution in [2.45, 2.75) is 85.2 Å². The Labute approximate surface area is 112 Å². The molecule has 2 heteroatoms. The zero-order valence-electron chi connectivity index (χ0n) is 12.8. The van der Waals surface area contributed by atoms with Gasteiger partial charge in [-0.25, -0.2) is 0 Å². The molecule has 0 aromatic rings. The molecule has 0 atom stereocenters. The monoisotopic (exact) mass is 254 g/mol. The Hall–Kier alpha value is -0.530. The number of carbonyl (C=O) groups is 1. The van der Waals surface area contributed by atoms with E-state index in [9.17, 15) is 4.79 Å². The van der Waals surface area contributed by atoms with E-state index in [0.29, 0.717) is 5.92 Å². The van der Waals surface area contributed by atoms with Gasteiger partial charge in [-0.2, -0.15) is 0 Å². The van der Waals surface area contributed by atoms with Crippen LogP contribution in [-0.2, 0) is 9.53 Å². The molecule has 1 rings (SSSR count). The molecule has 0 heterocycles. The lowest BCUT2D eigenvalue weighted by Crippen LogP contribution is -2.41. The molecular formula is C16H30O2. The van der Waals surface area contributed by atoms with Crippen LogP contribution in [0.3, 0.4) is 0 Å². The van der Waals surface area contributed by atoms with Crippen molar-refractivity contribution in [1.29, 1.82) is 0 Å². The van der Waals surface area contributed by atoms with Crippen molar-refractivity contribution >= 4 is 5.97 Å². The molecule has 0 N–H and O–H groups in total. The molecule has 0 aromatic heterocycles. The average molecular weight is 254 g/mol. The molecule has 0 spiro atoms. The first-order chi connectivity index (χ1) is 8.31.